The van der Waals surface area contributed by atoms with Crippen LogP contribution in [-0.2, 0) is 24.2 Å². The van der Waals surface area contributed by atoms with Crippen molar-refractivity contribution in [1.82, 2.24) is 19.7 Å². The molecule has 3 N–H and O–H groups in total. The largest absolute Gasteiger partial charge is 0.490 e. The number of nitrogens with one attached hydrogen (secondary N) is 1. The number of pyridine rings is 2. The maximum Gasteiger partial charge on any atom is 0.490 e. The molecule has 0 unspecified atom stereocenters. The van der Waals surface area contributed by atoms with Gasteiger partial charge in [-0.05, 0) is 43.0 Å². The maximum absolute atomic E-state index is 11.8. The molecule has 174 valence electrons. The van der Waals surface area contributed by atoms with Crippen molar-refractivity contribution < 1.29 is 33.0 Å². The third-order valence-electron chi connectivity index (χ3n) is 4.84. The van der Waals surface area contributed by atoms with Gasteiger partial charge in [0.2, 0.25) is 0 Å². The van der Waals surface area contributed by atoms with Crippen molar-refractivity contribution in [3.63, 3.8) is 0 Å². The van der Waals surface area contributed by atoms with Crippen molar-refractivity contribution >= 4 is 17.6 Å². The Morgan fingerprint density at radius 2 is 1.82 bits per heavy atom. The van der Waals surface area contributed by atoms with Crippen LogP contribution in [-0.4, -0.2) is 54.6 Å². The number of fused-ring (bicyclic) bond motifs is 3. The molecule has 0 fully saturated rings. The lowest BCUT2D eigenvalue weighted by Crippen LogP contribution is -2.21. The molecule has 1 aliphatic rings. The minimum Gasteiger partial charge on any atom is -0.477 e. The first-order valence-electron chi connectivity index (χ1n) is 9.88. The van der Waals surface area contributed by atoms with Gasteiger partial charge >= 0.3 is 18.1 Å². The van der Waals surface area contributed by atoms with Crippen LogP contribution in [0.1, 0.15) is 28.0 Å². The molecular weight excluding hydrogens is 443 g/mol. The Morgan fingerprint density at radius 1 is 1.09 bits per heavy atom. The Morgan fingerprint density at radius 3 is 2.45 bits per heavy atom. The fourth-order valence-corrected chi connectivity index (χ4v) is 3.40. The van der Waals surface area contributed by atoms with Crippen molar-refractivity contribution in [3.8, 4) is 11.3 Å². The number of aromatic nitrogens is 4. The molecule has 0 bridgehead atoms. The van der Waals surface area contributed by atoms with Crippen LogP contribution in [0.5, 0.6) is 0 Å². The minimum absolute atomic E-state index is 0.309. The van der Waals surface area contributed by atoms with E-state index < -0.39 is 18.1 Å². The first kappa shape index (κ1) is 23.7. The molecule has 0 amide bonds. The zero-order valence-electron chi connectivity index (χ0n) is 17.2. The van der Waals surface area contributed by atoms with Gasteiger partial charge in [-0.25, -0.2) is 9.59 Å². The number of nitrogens with zero attached hydrogens (tertiary/aromatic N) is 4. The van der Waals surface area contributed by atoms with Crippen LogP contribution in [0.3, 0.4) is 0 Å². The van der Waals surface area contributed by atoms with Crippen LogP contribution in [0.2, 0.25) is 0 Å². The average Bonchev–Trinajstić information content (AvgIpc) is 3.16. The summed E-state index contributed by atoms with van der Waals surface area (Å²) < 4.78 is 33.4. The molecule has 12 heteroatoms. The molecule has 0 saturated carbocycles. The van der Waals surface area contributed by atoms with Crippen LogP contribution < -0.4 is 5.32 Å². The summed E-state index contributed by atoms with van der Waals surface area (Å²) in [6.07, 6.45) is 4.22. The second kappa shape index (κ2) is 10.1. The number of aliphatic carboxylic acids is 1. The van der Waals surface area contributed by atoms with Gasteiger partial charge in [-0.1, -0.05) is 0 Å². The summed E-state index contributed by atoms with van der Waals surface area (Å²) in [5.74, 6) is -3.68. The fourth-order valence-electron chi connectivity index (χ4n) is 3.40. The van der Waals surface area contributed by atoms with Gasteiger partial charge in [0.1, 0.15) is 5.69 Å². The third-order valence-corrected chi connectivity index (χ3v) is 4.84. The van der Waals surface area contributed by atoms with Crippen molar-refractivity contribution in [2.45, 2.75) is 32.0 Å². The number of hydrogen-bond donors (Lipinski definition) is 3. The zero-order chi connectivity index (χ0) is 24.0. The topological polar surface area (TPSA) is 130 Å². The van der Waals surface area contributed by atoms with E-state index in [2.05, 4.69) is 20.4 Å². The number of aromatic carboxylic acids is 1. The lowest BCUT2D eigenvalue weighted by Gasteiger charge is -2.14. The van der Waals surface area contributed by atoms with Crippen molar-refractivity contribution in [2.24, 2.45) is 0 Å². The van der Waals surface area contributed by atoms with E-state index in [0.717, 1.165) is 47.5 Å². The van der Waals surface area contributed by atoms with Gasteiger partial charge in [0.25, 0.3) is 0 Å². The number of carbonyl (C=O) groups is 2. The normalized spacial score (nSPS) is 12.1. The van der Waals surface area contributed by atoms with Gasteiger partial charge in [-0.2, -0.15) is 18.3 Å². The summed E-state index contributed by atoms with van der Waals surface area (Å²) >= 11 is 0. The summed E-state index contributed by atoms with van der Waals surface area (Å²) in [4.78, 5) is 28.9. The second-order valence-electron chi connectivity index (χ2n) is 7.06. The van der Waals surface area contributed by atoms with Crippen LogP contribution >= 0.6 is 0 Å². The molecule has 0 spiro atoms. The number of aryl methyl sites for hydroxylation is 2. The minimum atomic E-state index is -5.08. The first-order valence-corrected chi connectivity index (χ1v) is 9.88. The van der Waals surface area contributed by atoms with E-state index in [4.69, 9.17) is 9.90 Å². The smallest absolute Gasteiger partial charge is 0.477 e. The molecule has 3 heterocycles. The number of alkyl halides is 3. The number of carboxylic acid groups (broad SMARTS) is 2. The Bertz CT molecular complexity index is 1130. The quantitative estimate of drug-likeness (QED) is 0.475. The standard InChI is InChI=1S/C19H19N5O2.C2HF3O2/c25-19(26)18-16-5-4-13-11-21-9-6-15(13)17(16)23-24(18)10-2-8-22-14-3-1-7-20-12-14;3-2(4,5)1(6)7/h1,3,6-7,9,11-12,22H,2,4-5,8,10H2,(H,25,26);(H,6,7). The van der Waals surface area contributed by atoms with Gasteiger partial charge in [-0.15, -0.1) is 0 Å². The predicted molar refractivity (Wildman–Crippen MR) is 111 cm³/mol. The van der Waals surface area contributed by atoms with Crippen molar-refractivity contribution in [1.29, 1.82) is 0 Å². The molecule has 0 aliphatic heterocycles. The lowest BCUT2D eigenvalue weighted by atomic mass is 9.90. The highest BCUT2D eigenvalue weighted by molar-refractivity contribution is 5.90. The molecule has 3 aromatic rings. The SMILES string of the molecule is O=C(O)C(F)(F)F.O=C(O)c1c2c(nn1CCCNc1cccnc1)-c1ccncc1CC2. The highest BCUT2D eigenvalue weighted by Crippen LogP contribution is 2.34. The van der Waals surface area contributed by atoms with Gasteiger partial charge < -0.3 is 15.5 Å². The Labute approximate surface area is 185 Å². The van der Waals surface area contributed by atoms with Gasteiger partial charge in [0.05, 0.1) is 11.4 Å². The molecule has 3 aromatic heterocycles. The molecule has 0 saturated heterocycles. The molecule has 33 heavy (non-hydrogen) atoms. The predicted octanol–water partition coefficient (Wildman–Crippen LogP) is 3.27. The monoisotopic (exact) mass is 463 g/mol. The van der Waals surface area contributed by atoms with E-state index in [9.17, 15) is 23.1 Å². The fraction of sp³-hybridized carbons (Fsp3) is 0.286. The van der Waals surface area contributed by atoms with Crippen LogP contribution in [0.4, 0.5) is 18.9 Å². The van der Waals surface area contributed by atoms with Crippen molar-refractivity contribution in [3.05, 3.63) is 59.8 Å². The van der Waals surface area contributed by atoms with Crippen LogP contribution in [0.25, 0.3) is 11.3 Å². The highest BCUT2D eigenvalue weighted by Gasteiger charge is 2.38. The maximum atomic E-state index is 11.8. The number of hydrogen-bond acceptors (Lipinski definition) is 6. The Kier molecular flexibility index (Phi) is 7.26. The average molecular weight is 463 g/mol. The summed E-state index contributed by atoms with van der Waals surface area (Å²) in [6, 6.07) is 5.74. The molecule has 1 aliphatic carbocycles. The Hall–Kier alpha value is -3.96. The number of rotatable bonds is 6. The molecule has 0 aromatic carbocycles. The molecule has 0 radical (unpaired) electrons. The highest BCUT2D eigenvalue weighted by atomic mass is 19.4. The summed E-state index contributed by atoms with van der Waals surface area (Å²) in [5.41, 5.74) is 4.99. The molecule has 0 atom stereocenters. The number of anilines is 1. The molecule has 9 nitrogen and oxygen atoms in total. The van der Waals surface area contributed by atoms with Crippen molar-refractivity contribution in [2.75, 3.05) is 11.9 Å². The van der Waals surface area contributed by atoms with Crippen LogP contribution in [0.15, 0.2) is 43.0 Å². The van der Waals surface area contributed by atoms with E-state index in [0.29, 0.717) is 18.7 Å². The van der Waals surface area contributed by atoms with E-state index >= 15 is 0 Å². The first-order chi connectivity index (χ1) is 15.7. The molecular formula is C21H20F3N5O4. The summed E-state index contributed by atoms with van der Waals surface area (Å²) in [5, 5.41) is 24.7. The van der Waals surface area contributed by atoms with E-state index in [-0.39, 0.29) is 0 Å². The van der Waals surface area contributed by atoms with Gasteiger partial charge in [-0.3, -0.25) is 14.6 Å². The lowest BCUT2D eigenvalue weighted by molar-refractivity contribution is -0.192. The molecule has 4 rings (SSSR count). The van der Waals surface area contributed by atoms with E-state index in [1.165, 1.54) is 0 Å². The zero-order valence-corrected chi connectivity index (χ0v) is 17.2. The van der Waals surface area contributed by atoms with E-state index in [1.54, 1.807) is 23.3 Å². The van der Waals surface area contributed by atoms with E-state index in [1.807, 2.05) is 24.4 Å². The number of halogens is 3. The second-order valence-corrected chi connectivity index (χ2v) is 7.06. The summed E-state index contributed by atoms with van der Waals surface area (Å²) in [7, 11) is 0. The van der Waals surface area contributed by atoms with Gasteiger partial charge in [0, 0.05) is 49.0 Å². The number of carboxylic acids is 2. The Balaban J connectivity index is 0.000000383. The third kappa shape index (κ3) is 5.84. The van der Waals surface area contributed by atoms with Crippen LogP contribution in [0, 0.1) is 0 Å². The summed E-state index contributed by atoms with van der Waals surface area (Å²) in [6.45, 7) is 1.26. The van der Waals surface area contributed by atoms with Gasteiger partial charge in [0.15, 0.2) is 0 Å².